The van der Waals surface area contributed by atoms with Crippen molar-refractivity contribution in [1.29, 1.82) is 0 Å². The number of H-pyrrole nitrogens is 1. The Morgan fingerprint density at radius 2 is 1.97 bits per heavy atom. The SMILES string of the molecule is C[C@H](NC(=O)c1ccc2ncccc2c1)c1cc(=O)[nH]c(N2CCN(C)CC2)n1. The highest BCUT2D eigenvalue weighted by molar-refractivity contribution is 5.98. The first kappa shape index (κ1) is 19.1. The average Bonchev–Trinajstić information content (AvgIpc) is 2.73. The number of pyridine rings is 1. The summed E-state index contributed by atoms with van der Waals surface area (Å²) in [5, 5.41) is 3.84. The minimum atomic E-state index is -0.402. The fourth-order valence-corrected chi connectivity index (χ4v) is 3.42. The summed E-state index contributed by atoms with van der Waals surface area (Å²) >= 11 is 0. The van der Waals surface area contributed by atoms with Crippen LogP contribution in [0.5, 0.6) is 0 Å². The maximum absolute atomic E-state index is 12.7. The second-order valence-corrected chi connectivity index (χ2v) is 7.39. The fourth-order valence-electron chi connectivity index (χ4n) is 3.42. The van der Waals surface area contributed by atoms with Crippen LogP contribution in [-0.2, 0) is 0 Å². The molecule has 1 aliphatic heterocycles. The van der Waals surface area contributed by atoms with E-state index in [2.05, 4.69) is 37.1 Å². The van der Waals surface area contributed by atoms with Crippen LogP contribution >= 0.6 is 0 Å². The first-order valence-corrected chi connectivity index (χ1v) is 9.70. The van der Waals surface area contributed by atoms with Crippen molar-refractivity contribution >= 4 is 22.8 Å². The molecule has 1 saturated heterocycles. The number of nitrogens with zero attached hydrogens (tertiary/aromatic N) is 4. The first-order valence-electron chi connectivity index (χ1n) is 9.70. The molecule has 8 nitrogen and oxygen atoms in total. The Morgan fingerprint density at radius 3 is 2.76 bits per heavy atom. The minimum absolute atomic E-state index is 0.216. The van der Waals surface area contributed by atoms with Gasteiger partial charge in [-0.2, -0.15) is 0 Å². The molecule has 1 amide bonds. The molecule has 0 unspecified atom stereocenters. The number of piperazine rings is 1. The van der Waals surface area contributed by atoms with Crippen molar-refractivity contribution in [2.24, 2.45) is 0 Å². The monoisotopic (exact) mass is 392 g/mol. The molecule has 1 atom stereocenters. The molecule has 3 heterocycles. The van der Waals surface area contributed by atoms with E-state index < -0.39 is 6.04 Å². The maximum Gasteiger partial charge on any atom is 0.252 e. The molecule has 0 saturated carbocycles. The Morgan fingerprint density at radius 1 is 1.17 bits per heavy atom. The smallest absolute Gasteiger partial charge is 0.252 e. The Bertz CT molecular complexity index is 1090. The molecule has 2 aromatic heterocycles. The van der Waals surface area contributed by atoms with E-state index in [1.165, 1.54) is 6.07 Å². The van der Waals surface area contributed by atoms with Gasteiger partial charge in [-0.1, -0.05) is 6.07 Å². The second kappa shape index (κ2) is 8.00. The van der Waals surface area contributed by atoms with E-state index in [1.807, 2.05) is 31.2 Å². The van der Waals surface area contributed by atoms with Crippen molar-refractivity contribution < 1.29 is 4.79 Å². The van der Waals surface area contributed by atoms with Gasteiger partial charge in [0.05, 0.1) is 17.3 Å². The van der Waals surface area contributed by atoms with E-state index in [9.17, 15) is 9.59 Å². The summed E-state index contributed by atoms with van der Waals surface area (Å²) in [4.78, 5) is 40.9. The zero-order valence-corrected chi connectivity index (χ0v) is 16.6. The molecule has 1 aromatic carbocycles. The molecular formula is C21H24N6O2. The number of hydrogen-bond acceptors (Lipinski definition) is 6. The Hall–Kier alpha value is -3.26. The highest BCUT2D eigenvalue weighted by atomic mass is 16.1. The van der Waals surface area contributed by atoms with E-state index in [-0.39, 0.29) is 11.5 Å². The molecule has 0 spiro atoms. The molecule has 3 aromatic rings. The third kappa shape index (κ3) is 4.27. The summed E-state index contributed by atoms with van der Waals surface area (Å²) in [5.74, 6) is 0.338. The van der Waals surface area contributed by atoms with Gasteiger partial charge in [0.25, 0.3) is 11.5 Å². The molecule has 1 aliphatic rings. The summed E-state index contributed by atoms with van der Waals surface area (Å²) in [5.41, 5.74) is 1.70. The number of benzene rings is 1. The second-order valence-electron chi connectivity index (χ2n) is 7.39. The van der Waals surface area contributed by atoms with Gasteiger partial charge in [-0.05, 0) is 38.2 Å². The lowest BCUT2D eigenvalue weighted by atomic mass is 10.1. The van der Waals surface area contributed by atoms with Crippen molar-refractivity contribution in [2.75, 3.05) is 38.1 Å². The number of nitrogens with one attached hydrogen (secondary N) is 2. The highest BCUT2D eigenvalue weighted by Crippen LogP contribution is 2.16. The van der Waals surface area contributed by atoms with Crippen LogP contribution in [0.25, 0.3) is 10.9 Å². The number of hydrogen-bond donors (Lipinski definition) is 2. The van der Waals surface area contributed by atoms with E-state index in [0.29, 0.717) is 17.2 Å². The van der Waals surface area contributed by atoms with Gasteiger partial charge < -0.3 is 15.1 Å². The summed E-state index contributed by atoms with van der Waals surface area (Å²) in [7, 11) is 2.07. The van der Waals surface area contributed by atoms with Crippen LogP contribution in [-0.4, -0.2) is 59.0 Å². The number of aromatic nitrogens is 3. The van der Waals surface area contributed by atoms with E-state index in [4.69, 9.17) is 0 Å². The molecule has 1 fully saturated rings. The van der Waals surface area contributed by atoms with Crippen molar-refractivity contribution in [3.63, 3.8) is 0 Å². The average molecular weight is 392 g/mol. The number of amides is 1. The van der Waals surface area contributed by atoms with Gasteiger partial charge in [-0.25, -0.2) is 4.98 Å². The first-order chi connectivity index (χ1) is 14.0. The Kier molecular flexibility index (Phi) is 5.26. The topological polar surface area (TPSA) is 94.2 Å². The number of anilines is 1. The van der Waals surface area contributed by atoms with E-state index in [1.54, 1.807) is 12.3 Å². The fraction of sp³-hybridized carbons (Fsp3) is 0.333. The largest absolute Gasteiger partial charge is 0.344 e. The number of rotatable bonds is 4. The molecule has 29 heavy (non-hydrogen) atoms. The zero-order chi connectivity index (χ0) is 20.4. The minimum Gasteiger partial charge on any atom is -0.344 e. The van der Waals surface area contributed by atoms with Crippen LogP contribution in [0, 0.1) is 0 Å². The van der Waals surface area contributed by atoms with Crippen LogP contribution in [0.15, 0.2) is 47.4 Å². The predicted molar refractivity (Wildman–Crippen MR) is 112 cm³/mol. The van der Waals surface area contributed by atoms with Crippen LogP contribution < -0.4 is 15.8 Å². The van der Waals surface area contributed by atoms with Gasteiger partial charge in [-0.15, -0.1) is 0 Å². The Balaban J connectivity index is 1.52. The van der Waals surface area contributed by atoms with Crippen molar-refractivity contribution in [1.82, 2.24) is 25.2 Å². The van der Waals surface area contributed by atoms with Gasteiger partial charge in [0.2, 0.25) is 5.95 Å². The Labute approximate surface area is 168 Å². The number of carbonyl (C=O) groups excluding carboxylic acids is 1. The summed E-state index contributed by atoms with van der Waals surface area (Å²) in [6, 6.07) is 10.2. The molecular weight excluding hydrogens is 368 g/mol. The van der Waals surface area contributed by atoms with Crippen molar-refractivity contribution in [3.05, 3.63) is 64.2 Å². The standard InChI is InChI=1S/C21H24N6O2/c1-14(23-20(29)16-5-6-17-15(12-16)4-3-7-22-17)18-13-19(28)25-21(24-18)27-10-8-26(2)9-11-27/h3-7,12-14H,8-11H2,1-2H3,(H,23,29)(H,24,25,28)/t14-/m0/s1. The number of aromatic amines is 1. The van der Waals surface area contributed by atoms with Gasteiger partial charge in [0.1, 0.15) is 0 Å². The van der Waals surface area contributed by atoms with Crippen LogP contribution in [0.3, 0.4) is 0 Å². The van der Waals surface area contributed by atoms with Crippen LogP contribution in [0.4, 0.5) is 5.95 Å². The lowest BCUT2D eigenvalue weighted by molar-refractivity contribution is 0.0939. The molecule has 8 heteroatoms. The number of fused-ring (bicyclic) bond motifs is 1. The van der Waals surface area contributed by atoms with Gasteiger partial charge in [0.15, 0.2) is 0 Å². The molecule has 0 aliphatic carbocycles. The van der Waals surface area contributed by atoms with Crippen molar-refractivity contribution in [2.45, 2.75) is 13.0 Å². The number of likely N-dealkylation sites (N-methyl/N-ethyl adjacent to an activating group) is 1. The molecule has 0 radical (unpaired) electrons. The molecule has 0 bridgehead atoms. The lowest BCUT2D eigenvalue weighted by Crippen LogP contribution is -2.45. The van der Waals surface area contributed by atoms with E-state index in [0.717, 1.165) is 37.1 Å². The van der Waals surface area contributed by atoms with Gasteiger partial charge >= 0.3 is 0 Å². The van der Waals surface area contributed by atoms with Crippen molar-refractivity contribution in [3.8, 4) is 0 Å². The van der Waals surface area contributed by atoms with E-state index >= 15 is 0 Å². The molecule has 150 valence electrons. The third-order valence-corrected chi connectivity index (χ3v) is 5.21. The molecule has 2 N–H and O–H groups in total. The molecule has 4 rings (SSSR count). The van der Waals surface area contributed by atoms with Gasteiger partial charge in [-0.3, -0.25) is 19.6 Å². The summed E-state index contributed by atoms with van der Waals surface area (Å²) < 4.78 is 0. The predicted octanol–water partition coefficient (Wildman–Crippen LogP) is 1.56. The zero-order valence-electron chi connectivity index (χ0n) is 16.6. The van der Waals surface area contributed by atoms with Gasteiger partial charge in [0, 0.05) is 49.4 Å². The number of carbonyl (C=O) groups is 1. The summed E-state index contributed by atoms with van der Waals surface area (Å²) in [6.07, 6.45) is 1.72. The lowest BCUT2D eigenvalue weighted by Gasteiger charge is -2.32. The summed E-state index contributed by atoms with van der Waals surface area (Å²) in [6.45, 7) is 5.26. The van der Waals surface area contributed by atoms with Crippen LogP contribution in [0.2, 0.25) is 0 Å². The highest BCUT2D eigenvalue weighted by Gasteiger charge is 2.19. The normalized spacial score (nSPS) is 16.0. The maximum atomic E-state index is 12.7. The third-order valence-electron chi connectivity index (χ3n) is 5.21. The quantitative estimate of drug-likeness (QED) is 0.700. The van der Waals surface area contributed by atoms with Crippen LogP contribution in [0.1, 0.15) is 29.0 Å².